The van der Waals surface area contributed by atoms with Gasteiger partial charge in [0.2, 0.25) is 0 Å². The number of benzene rings is 1. The number of alkyl carbamates (subject to hydrolysis) is 1. The number of ether oxygens (including phenoxy) is 1. The van der Waals surface area contributed by atoms with Gasteiger partial charge in [0.05, 0.1) is 27.6 Å². The summed E-state index contributed by atoms with van der Waals surface area (Å²) in [5.41, 5.74) is 8.78. The Morgan fingerprint density at radius 1 is 1.32 bits per heavy atom. The van der Waals surface area contributed by atoms with Gasteiger partial charge in [-0.2, -0.15) is 0 Å². The number of carbonyl (C=O) groups is 1. The van der Waals surface area contributed by atoms with Gasteiger partial charge in [0.15, 0.2) is 11.6 Å². The molecule has 2 saturated heterocycles. The summed E-state index contributed by atoms with van der Waals surface area (Å²) in [7, 11) is -0.455. The Hall–Kier alpha value is -3.01. The summed E-state index contributed by atoms with van der Waals surface area (Å²) in [6.07, 6.45) is 4.05. The molecule has 0 saturated carbocycles. The molecule has 164 valence electrons. The molecule has 3 N–H and O–H groups in total. The van der Waals surface area contributed by atoms with Crippen molar-refractivity contribution in [2.45, 2.75) is 18.4 Å². The van der Waals surface area contributed by atoms with Gasteiger partial charge in [-0.05, 0) is 17.7 Å². The first-order chi connectivity index (χ1) is 14.7. The van der Waals surface area contributed by atoms with Crippen LogP contribution in [0, 0.1) is 5.82 Å². The first-order valence-corrected chi connectivity index (χ1v) is 12.1. The molecule has 1 aromatic heterocycles. The molecule has 1 spiro atoms. The third-order valence-corrected chi connectivity index (χ3v) is 8.42. The second-order valence-electron chi connectivity index (χ2n) is 8.38. The quantitative estimate of drug-likeness (QED) is 0.686. The van der Waals surface area contributed by atoms with Gasteiger partial charge < -0.3 is 25.0 Å². The molecule has 31 heavy (non-hydrogen) atoms. The summed E-state index contributed by atoms with van der Waals surface area (Å²) in [4.78, 5) is 17.5. The second-order valence-corrected chi connectivity index (χ2v) is 10.9. The maximum Gasteiger partial charge on any atom is 0.407 e. The Bertz CT molecular complexity index is 1220. The Labute approximate surface area is 180 Å². The average molecular weight is 446 g/mol. The van der Waals surface area contributed by atoms with Crippen LogP contribution in [-0.4, -0.2) is 59.2 Å². The summed E-state index contributed by atoms with van der Waals surface area (Å²) >= 11 is 0. The van der Waals surface area contributed by atoms with Crippen molar-refractivity contribution in [3.05, 3.63) is 35.8 Å². The number of nitrogens with two attached hydrogens (primary N) is 1. The fraction of sp³-hybridized carbons (Fsp3) is 0.381. The number of hydrogen-bond acceptors (Lipinski definition) is 6. The molecule has 0 bridgehead atoms. The molecular weight excluding hydrogens is 421 g/mol. The van der Waals surface area contributed by atoms with Crippen LogP contribution in [0.3, 0.4) is 0 Å². The van der Waals surface area contributed by atoms with E-state index in [1.54, 1.807) is 29.2 Å². The minimum atomic E-state index is -2.26. The number of hydrogen-bond donors (Lipinski definition) is 2. The number of carbonyl (C=O) groups excluding carboxylic acids is 1. The number of fused-ring (bicyclic) bond motifs is 1. The summed E-state index contributed by atoms with van der Waals surface area (Å²) in [6, 6.07) is 5.69. The molecule has 8 nitrogen and oxygen atoms in total. The zero-order chi connectivity index (χ0) is 22.0. The highest BCUT2D eigenvalue weighted by molar-refractivity contribution is 8.02. The van der Waals surface area contributed by atoms with E-state index >= 15 is 4.39 Å². The van der Waals surface area contributed by atoms with Crippen molar-refractivity contribution in [2.75, 3.05) is 47.9 Å². The van der Waals surface area contributed by atoms with Crippen molar-refractivity contribution >= 4 is 38.4 Å². The highest BCUT2D eigenvalue weighted by Gasteiger charge is 2.43. The lowest BCUT2D eigenvalue weighted by atomic mass is 9.90. The zero-order valence-corrected chi connectivity index (χ0v) is 18.2. The van der Waals surface area contributed by atoms with Gasteiger partial charge in [-0.15, -0.1) is 0 Å². The Morgan fingerprint density at radius 3 is 2.74 bits per heavy atom. The lowest BCUT2D eigenvalue weighted by Crippen LogP contribution is -2.47. The van der Waals surface area contributed by atoms with E-state index in [2.05, 4.69) is 10.3 Å². The fourth-order valence-electron chi connectivity index (χ4n) is 4.54. The summed E-state index contributed by atoms with van der Waals surface area (Å²) in [5, 5.41) is 4.46. The minimum absolute atomic E-state index is 0.156. The Morgan fingerprint density at radius 2 is 2.06 bits per heavy atom. The van der Waals surface area contributed by atoms with Crippen molar-refractivity contribution in [3.63, 3.8) is 0 Å². The highest BCUT2D eigenvalue weighted by atomic mass is 32.2. The van der Waals surface area contributed by atoms with Gasteiger partial charge in [-0.25, -0.2) is 18.4 Å². The Balaban J connectivity index is 1.53. The number of piperidine rings is 1. The molecular formula is C21H24FN5O3S. The molecule has 1 atom stereocenters. The average Bonchev–Trinajstić information content (AvgIpc) is 3.20. The SMILES string of the molecule is CN1c2ccc(-c3cnc(N)c(F)c3N3CCC4(CC3)CNC(=O)O4)cc2C=S1(C)=O. The van der Waals surface area contributed by atoms with Crippen LogP contribution in [0.15, 0.2) is 24.4 Å². The maximum absolute atomic E-state index is 15.2. The van der Waals surface area contributed by atoms with Gasteiger partial charge in [0.1, 0.15) is 5.60 Å². The van der Waals surface area contributed by atoms with Crippen LogP contribution in [0.4, 0.5) is 26.4 Å². The van der Waals surface area contributed by atoms with Crippen LogP contribution >= 0.6 is 0 Å². The van der Waals surface area contributed by atoms with Gasteiger partial charge in [-0.1, -0.05) is 6.07 Å². The number of rotatable bonds is 2. The number of nitrogens with one attached hydrogen (secondary N) is 1. The van der Waals surface area contributed by atoms with Crippen LogP contribution in [-0.2, 0) is 14.4 Å². The van der Waals surface area contributed by atoms with Crippen molar-refractivity contribution in [1.29, 1.82) is 0 Å². The molecule has 10 heteroatoms. The van der Waals surface area contributed by atoms with E-state index in [0.29, 0.717) is 43.7 Å². The van der Waals surface area contributed by atoms with Crippen molar-refractivity contribution in [3.8, 4) is 11.1 Å². The molecule has 0 aliphatic carbocycles. The fourth-order valence-corrected chi connectivity index (χ4v) is 5.92. The predicted molar refractivity (Wildman–Crippen MR) is 120 cm³/mol. The molecule has 4 heterocycles. The molecule has 1 unspecified atom stereocenters. The standard InChI is InChI=1S/C21H24FN5O3S/c1-26-16-4-3-13(9-14(16)11-31(26,2)29)15-10-24-19(23)17(22)18(15)27-7-5-21(6-8-27)12-25-20(28)30-21/h3-4,9-11H,5-8,12H2,1-2H3,(H2,23,24)(H,25,28). The molecule has 0 radical (unpaired) electrons. The summed E-state index contributed by atoms with van der Waals surface area (Å²) < 4.78 is 35.2. The Kier molecular flexibility index (Phi) is 4.34. The van der Waals surface area contributed by atoms with Crippen LogP contribution in [0.25, 0.3) is 11.1 Å². The van der Waals surface area contributed by atoms with Gasteiger partial charge >= 0.3 is 6.09 Å². The molecule has 3 aliphatic rings. The van der Waals surface area contributed by atoms with Crippen molar-refractivity contribution < 1.29 is 18.1 Å². The highest BCUT2D eigenvalue weighted by Crippen LogP contribution is 2.40. The van der Waals surface area contributed by atoms with E-state index in [1.165, 1.54) is 0 Å². The van der Waals surface area contributed by atoms with E-state index in [0.717, 1.165) is 16.8 Å². The largest absolute Gasteiger partial charge is 0.441 e. The van der Waals surface area contributed by atoms with Crippen molar-refractivity contribution in [1.82, 2.24) is 10.3 Å². The molecule has 5 rings (SSSR count). The number of nitrogens with zero attached hydrogens (tertiary/aromatic N) is 3. The van der Waals surface area contributed by atoms with E-state index in [1.807, 2.05) is 23.1 Å². The third kappa shape index (κ3) is 3.16. The monoisotopic (exact) mass is 445 g/mol. The number of anilines is 3. The zero-order valence-electron chi connectivity index (χ0n) is 17.4. The lowest BCUT2D eigenvalue weighted by Gasteiger charge is -2.39. The van der Waals surface area contributed by atoms with E-state index < -0.39 is 27.2 Å². The van der Waals surface area contributed by atoms with Crippen LogP contribution < -0.4 is 20.3 Å². The van der Waals surface area contributed by atoms with E-state index in [9.17, 15) is 9.00 Å². The lowest BCUT2D eigenvalue weighted by molar-refractivity contribution is 0.0366. The van der Waals surface area contributed by atoms with Crippen molar-refractivity contribution in [2.24, 2.45) is 0 Å². The maximum atomic E-state index is 15.2. The van der Waals surface area contributed by atoms with Crippen LogP contribution in [0.1, 0.15) is 18.4 Å². The molecule has 3 aliphatic heterocycles. The molecule has 2 fully saturated rings. The number of pyridine rings is 1. The van der Waals surface area contributed by atoms with Crippen LogP contribution in [0.2, 0.25) is 0 Å². The molecule has 2 aromatic rings. The minimum Gasteiger partial charge on any atom is -0.441 e. The third-order valence-electron chi connectivity index (χ3n) is 6.44. The first kappa shape index (κ1) is 19.9. The topological polar surface area (TPSA) is 101 Å². The number of aromatic nitrogens is 1. The number of amides is 1. The van der Waals surface area contributed by atoms with Gasteiger partial charge in [0, 0.05) is 61.9 Å². The van der Waals surface area contributed by atoms with Gasteiger partial charge in [-0.3, -0.25) is 0 Å². The summed E-state index contributed by atoms with van der Waals surface area (Å²) in [5.74, 6) is -0.715. The molecule has 1 aromatic carbocycles. The predicted octanol–water partition coefficient (Wildman–Crippen LogP) is 1.98. The second kappa shape index (κ2) is 6.74. The van der Waals surface area contributed by atoms with Gasteiger partial charge in [0.25, 0.3) is 0 Å². The first-order valence-electron chi connectivity index (χ1n) is 10.1. The molecule has 1 amide bonds. The smallest absolute Gasteiger partial charge is 0.407 e. The van der Waals surface area contributed by atoms with E-state index in [4.69, 9.17) is 10.5 Å². The van der Waals surface area contributed by atoms with Crippen LogP contribution in [0.5, 0.6) is 0 Å². The summed E-state index contributed by atoms with van der Waals surface area (Å²) in [6.45, 7) is 1.51. The number of nitrogen functional groups attached to an aromatic ring is 1. The number of halogens is 1. The normalized spacial score (nSPS) is 24.0. The van der Waals surface area contributed by atoms with E-state index in [-0.39, 0.29) is 5.82 Å².